The maximum Gasteiger partial charge on any atom is 0.225 e. The number of hydrogen-bond acceptors (Lipinski definition) is 5. The lowest BCUT2D eigenvalue weighted by molar-refractivity contribution is -0.134. The molecule has 34 heavy (non-hydrogen) atoms. The number of amides is 1. The van der Waals surface area contributed by atoms with Crippen molar-refractivity contribution in [3.05, 3.63) is 59.2 Å². The van der Waals surface area contributed by atoms with Crippen molar-refractivity contribution in [1.82, 2.24) is 14.7 Å². The molecule has 1 amide bonds. The first kappa shape index (κ1) is 23.2. The van der Waals surface area contributed by atoms with Crippen molar-refractivity contribution in [1.29, 1.82) is 0 Å². The minimum Gasteiger partial charge on any atom is -0.497 e. The maximum atomic E-state index is 12.2. The highest BCUT2D eigenvalue weighted by atomic mass is 16.5. The average Bonchev–Trinajstić information content (AvgIpc) is 3.71. The number of hydrogen-bond donors (Lipinski definition) is 0. The summed E-state index contributed by atoms with van der Waals surface area (Å²) >= 11 is 0. The van der Waals surface area contributed by atoms with Crippen LogP contribution in [0.1, 0.15) is 41.9 Å². The molecule has 1 atom stereocenters. The second-order valence-corrected chi connectivity index (χ2v) is 10.0. The van der Waals surface area contributed by atoms with Crippen LogP contribution in [0.3, 0.4) is 0 Å². The Morgan fingerprint density at radius 2 is 1.74 bits per heavy atom. The summed E-state index contributed by atoms with van der Waals surface area (Å²) in [6.07, 6.45) is 3.19. The molecule has 3 aliphatic rings. The molecule has 2 aromatic carbocycles. The first-order chi connectivity index (χ1) is 16.6. The SMILES string of the molecule is COc1ccc(C2CN(C)Cc3cc(OCCCN4CCN(C(=O)C5CC5)CC4)ccc32)cc1. The number of nitrogens with zero attached hydrogens (tertiary/aromatic N) is 3. The van der Waals surface area contributed by atoms with Crippen molar-refractivity contribution in [2.24, 2.45) is 5.92 Å². The zero-order valence-electron chi connectivity index (χ0n) is 20.5. The van der Waals surface area contributed by atoms with Gasteiger partial charge in [0.15, 0.2) is 0 Å². The van der Waals surface area contributed by atoms with Gasteiger partial charge < -0.3 is 19.3 Å². The van der Waals surface area contributed by atoms with Gasteiger partial charge in [-0.1, -0.05) is 18.2 Å². The van der Waals surface area contributed by atoms with Gasteiger partial charge in [-0.3, -0.25) is 9.69 Å². The van der Waals surface area contributed by atoms with Crippen molar-refractivity contribution < 1.29 is 14.3 Å². The Hall–Kier alpha value is -2.57. The Kier molecular flexibility index (Phi) is 7.07. The van der Waals surface area contributed by atoms with Crippen LogP contribution < -0.4 is 9.47 Å². The number of ether oxygens (including phenoxy) is 2. The van der Waals surface area contributed by atoms with Gasteiger partial charge in [-0.2, -0.15) is 0 Å². The van der Waals surface area contributed by atoms with Crippen LogP contribution in [-0.4, -0.2) is 80.6 Å². The minimum absolute atomic E-state index is 0.336. The summed E-state index contributed by atoms with van der Waals surface area (Å²) in [7, 11) is 3.89. The van der Waals surface area contributed by atoms with E-state index in [4.69, 9.17) is 9.47 Å². The van der Waals surface area contributed by atoms with Gasteiger partial charge in [-0.25, -0.2) is 0 Å². The number of rotatable bonds is 8. The van der Waals surface area contributed by atoms with Gasteiger partial charge >= 0.3 is 0 Å². The lowest BCUT2D eigenvalue weighted by Gasteiger charge is -2.35. The standard InChI is InChI=1S/C28H37N3O3/c1-29-19-23-18-25(10-11-26(23)27(20-29)21-6-8-24(33-2)9-7-21)34-17-3-12-30-13-15-31(16-14-30)28(32)22-4-5-22/h6-11,18,22,27H,3-5,12-17,19-20H2,1-2H3. The van der Waals surface area contributed by atoms with Crippen LogP contribution in [0.2, 0.25) is 0 Å². The van der Waals surface area contributed by atoms with E-state index in [1.165, 1.54) is 16.7 Å². The van der Waals surface area contributed by atoms with Crippen LogP contribution in [-0.2, 0) is 11.3 Å². The van der Waals surface area contributed by atoms with Crippen molar-refractivity contribution in [3.63, 3.8) is 0 Å². The fourth-order valence-electron chi connectivity index (χ4n) is 5.29. The molecule has 1 unspecified atom stereocenters. The second kappa shape index (κ2) is 10.4. The molecule has 2 fully saturated rings. The third-order valence-corrected chi connectivity index (χ3v) is 7.44. The Balaban J connectivity index is 1.12. The summed E-state index contributed by atoms with van der Waals surface area (Å²) in [5.74, 6) is 2.94. The van der Waals surface area contributed by atoms with Crippen LogP contribution in [0.4, 0.5) is 0 Å². The van der Waals surface area contributed by atoms with Gasteiger partial charge in [0.2, 0.25) is 5.91 Å². The number of likely N-dealkylation sites (N-methyl/N-ethyl adjacent to an activating group) is 1. The Bertz CT molecular complexity index is 981. The quantitative estimate of drug-likeness (QED) is 0.560. The van der Waals surface area contributed by atoms with Crippen LogP contribution >= 0.6 is 0 Å². The normalized spacial score (nSPS) is 21.2. The minimum atomic E-state index is 0.336. The molecule has 2 aliphatic heterocycles. The summed E-state index contributed by atoms with van der Waals surface area (Å²) < 4.78 is 11.5. The average molecular weight is 464 g/mol. The van der Waals surface area contributed by atoms with E-state index in [0.717, 1.165) is 83.2 Å². The Morgan fingerprint density at radius 3 is 2.44 bits per heavy atom. The monoisotopic (exact) mass is 463 g/mol. The predicted octanol–water partition coefficient (Wildman–Crippen LogP) is 3.60. The molecular formula is C28H37N3O3. The Labute approximate surface area is 203 Å². The maximum absolute atomic E-state index is 12.2. The number of benzene rings is 2. The van der Waals surface area contributed by atoms with E-state index >= 15 is 0 Å². The predicted molar refractivity (Wildman–Crippen MR) is 133 cm³/mol. The van der Waals surface area contributed by atoms with Crippen LogP contribution in [0.15, 0.2) is 42.5 Å². The molecule has 6 heteroatoms. The zero-order chi connectivity index (χ0) is 23.5. The van der Waals surface area contributed by atoms with E-state index in [2.05, 4.69) is 52.1 Å². The van der Waals surface area contributed by atoms with Crippen molar-refractivity contribution in [3.8, 4) is 11.5 Å². The smallest absolute Gasteiger partial charge is 0.225 e. The number of carbonyl (C=O) groups excluding carboxylic acids is 1. The molecular weight excluding hydrogens is 426 g/mol. The molecule has 0 aromatic heterocycles. The van der Waals surface area contributed by atoms with E-state index in [1.54, 1.807) is 7.11 Å². The van der Waals surface area contributed by atoms with E-state index in [9.17, 15) is 4.79 Å². The molecule has 0 spiro atoms. The number of fused-ring (bicyclic) bond motifs is 1. The second-order valence-electron chi connectivity index (χ2n) is 10.0. The first-order valence-corrected chi connectivity index (χ1v) is 12.7. The fraction of sp³-hybridized carbons (Fsp3) is 0.536. The molecule has 1 saturated heterocycles. The third kappa shape index (κ3) is 5.39. The molecule has 6 nitrogen and oxygen atoms in total. The molecule has 1 saturated carbocycles. The number of piperazine rings is 1. The highest BCUT2D eigenvalue weighted by Gasteiger charge is 2.34. The van der Waals surface area contributed by atoms with Gasteiger partial charge in [0.25, 0.3) is 0 Å². The van der Waals surface area contributed by atoms with E-state index in [1.807, 2.05) is 12.1 Å². The number of carbonyl (C=O) groups is 1. The van der Waals surface area contributed by atoms with Crippen LogP contribution in [0, 0.1) is 5.92 Å². The molecule has 0 bridgehead atoms. The highest BCUT2D eigenvalue weighted by Crippen LogP contribution is 2.35. The molecule has 1 aliphatic carbocycles. The topological polar surface area (TPSA) is 45.3 Å². The molecule has 5 rings (SSSR count). The van der Waals surface area contributed by atoms with Gasteiger partial charge in [0.05, 0.1) is 13.7 Å². The van der Waals surface area contributed by atoms with E-state index in [0.29, 0.717) is 17.7 Å². The molecule has 0 radical (unpaired) electrons. The Morgan fingerprint density at radius 1 is 1.00 bits per heavy atom. The summed E-state index contributed by atoms with van der Waals surface area (Å²) in [4.78, 5) is 19.1. The lowest BCUT2D eigenvalue weighted by atomic mass is 9.84. The van der Waals surface area contributed by atoms with Gasteiger partial charge in [0, 0.05) is 57.6 Å². The van der Waals surface area contributed by atoms with Crippen LogP contribution in [0.5, 0.6) is 11.5 Å². The summed E-state index contributed by atoms with van der Waals surface area (Å²) in [6.45, 7) is 7.43. The highest BCUT2D eigenvalue weighted by molar-refractivity contribution is 5.81. The largest absolute Gasteiger partial charge is 0.497 e. The van der Waals surface area contributed by atoms with Crippen molar-refractivity contribution >= 4 is 5.91 Å². The summed E-state index contributed by atoms with van der Waals surface area (Å²) in [6, 6.07) is 15.1. The molecule has 182 valence electrons. The molecule has 2 aromatic rings. The summed E-state index contributed by atoms with van der Waals surface area (Å²) in [5, 5.41) is 0. The van der Waals surface area contributed by atoms with Gasteiger partial charge in [-0.05, 0) is 67.3 Å². The number of methoxy groups -OCH3 is 1. The van der Waals surface area contributed by atoms with E-state index in [-0.39, 0.29) is 0 Å². The molecule has 0 N–H and O–H groups in total. The third-order valence-electron chi connectivity index (χ3n) is 7.44. The molecule has 2 heterocycles. The van der Waals surface area contributed by atoms with Gasteiger partial charge in [0.1, 0.15) is 11.5 Å². The zero-order valence-corrected chi connectivity index (χ0v) is 20.5. The van der Waals surface area contributed by atoms with Crippen molar-refractivity contribution in [2.75, 3.05) is 60.0 Å². The van der Waals surface area contributed by atoms with E-state index < -0.39 is 0 Å². The fourth-order valence-corrected chi connectivity index (χ4v) is 5.29. The van der Waals surface area contributed by atoms with Crippen LogP contribution in [0.25, 0.3) is 0 Å². The van der Waals surface area contributed by atoms with Gasteiger partial charge in [-0.15, -0.1) is 0 Å². The van der Waals surface area contributed by atoms with Crippen molar-refractivity contribution in [2.45, 2.75) is 31.7 Å². The summed E-state index contributed by atoms with van der Waals surface area (Å²) in [5.41, 5.74) is 4.07. The first-order valence-electron chi connectivity index (χ1n) is 12.7. The lowest BCUT2D eigenvalue weighted by Crippen LogP contribution is -2.49.